The van der Waals surface area contributed by atoms with Crippen LogP contribution >= 0.6 is 0 Å². The monoisotopic (exact) mass is 437 g/mol. The molecule has 160 valence electrons. The van der Waals surface area contributed by atoms with Crippen LogP contribution in [0.3, 0.4) is 0 Å². The van der Waals surface area contributed by atoms with E-state index in [1.807, 2.05) is 42.5 Å². The number of benzene rings is 5. The van der Waals surface area contributed by atoms with Gasteiger partial charge < -0.3 is 8.98 Å². The second kappa shape index (κ2) is 7.19. The van der Waals surface area contributed by atoms with E-state index >= 15 is 0 Å². The zero-order valence-electron chi connectivity index (χ0n) is 18.2. The van der Waals surface area contributed by atoms with Gasteiger partial charge in [-0.1, -0.05) is 66.7 Å². The number of fused-ring (bicyclic) bond motifs is 5. The highest BCUT2D eigenvalue weighted by Gasteiger charge is 2.13. The Morgan fingerprint density at radius 2 is 1.12 bits per heavy atom. The van der Waals surface area contributed by atoms with Crippen LogP contribution in [0, 0.1) is 0 Å². The lowest BCUT2D eigenvalue weighted by Crippen LogP contribution is -2.01. The van der Waals surface area contributed by atoms with Crippen LogP contribution in [-0.4, -0.2) is 4.57 Å². The highest BCUT2D eigenvalue weighted by molar-refractivity contribution is 6.09. The summed E-state index contributed by atoms with van der Waals surface area (Å²) in [7, 11) is 0. The molecule has 0 saturated carbocycles. The molecule has 0 atom stereocenters. The minimum Gasteiger partial charge on any atom is -0.456 e. The van der Waals surface area contributed by atoms with Gasteiger partial charge >= 0.3 is 0 Å². The molecule has 2 aromatic heterocycles. The van der Waals surface area contributed by atoms with Crippen LogP contribution in [0.5, 0.6) is 0 Å². The highest BCUT2D eigenvalue weighted by Crippen LogP contribution is 2.33. The fourth-order valence-corrected chi connectivity index (χ4v) is 5.01. The molecule has 0 aliphatic heterocycles. The Kier molecular flexibility index (Phi) is 4.00. The Morgan fingerprint density at radius 1 is 0.500 bits per heavy atom. The Balaban J connectivity index is 1.44. The SMILES string of the molecule is O=c1c2ccccc2oc2cc(-c3cccc(-n4c5ccccc5c5ccccc54)c3)ccc12. The van der Waals surface area contributed by atoms with Gasteiger partial charge in [0.1, 0.15) is 11.2 Å². The molecule has 0 bridgehead atoms. The van der Waals surface area contributed by atoms with E-state index in [-0.39, 0.29) is 5.43 Å². The lowest BCUT2D eigenvalue weighted by molar-refractivity contribution is 0.660. The van der Waals surface area contributed by atoms with Crippen LogP contribution in [0.15, 0.2) is 124 Å². The topological polar surface area (TPSA) is 35.1 Å². The zero-order valence-corrected chi connectivity index (χ0v) is 18.2. The van der Waals surface area contributed by atoms with Crippen molar-refractivity contribution in [1.29, 1.82) is 0 Å². The molecule has 0 radical (unpaired) electrons. The van der Waals surface area contributed by atoms with E-state index in [4.69, 9.17) is 4.42 Å². The number of para-hydroxylation sites is 3. The fourth-order valence-electron chi connectivity index (χ4n) is 5.01. The van der Waals surface area contributed by atoms with Gasteiger partial charge in [-0.15, -0.1) is 0 Å². The van der Waals surface area contributed by atoms with Crippen molar-refractivity contribution in [2.45, 2.75) is 0 Å². The maximum Gasteiger partial charge on any atom is 0.200 e. The van der Waals surface area contributed by atoms with Crippen LogP contribution in [0.2, 0.25) is 0 Å². The van der Waals surface area contributed by atoms with Crippen molar-refractivity contribution in [1.82, 2.24) is 4.57 Å². The quantitative estimate of drug-likeness (QED) is 0.260. The highest BCUT2D eigenvalue weighted by atomic mass is 16.3. The molecule has 0 fully saturated rings. The molecule has 34 heavy (non-hydrogen) atoms. The number of hydrogen-bond acceptors (Lipinski definition) is 2. The van der Waals surface area contributed by atoms with E-state index < -0.39 is 0 Å². The molecular formula is C31H19NO2. The number of aromatic nitrogens is 1. The summed E-state index contributed by atoms with van der Waals surface area (Å²) in [6.45, 7) is 0. The maximum atomic E-state index is 12.9. The molecule has 0 amide bonds. The lowest BCUT2D eigenvalue weighted by Gasteiger charge is -2.11. The average Bonchev–Trinajstić information content (AvgIpc) is 3.23. The van der Waals surface area contributed by atoms with Crippen molar-refractivity contribution >= 4 is 43.7 Å². The Labute approximate surface area is 195 Å². The van der Waals surface area contributed by atoms with E-state index in [0.717, 1.165) is 16.8 Å². The number of hydrogen-bond donors (Lipinski definition) is 0. The molecule has 0 saturated heterocycles. The van der Waals surface area contributed by atoms with Crippen LogP contribution in [0.4, 0.5) is 0 Å². The summed E-state index contributed by atoms with van der Waals surface area (Å²) in [4.78, 5) is 12.9. The average molecular weight is 437 g/mol. The summed E-state index contributed by atoms with van der Waals surface area (Å²) < 4.78 is 8.41. The minimum atomic E-state index is 0.00225. The molecular weight excluding hydrogens is 418 g/mol. The number of nitrogens with zero attached hydrogens (tertiary/aromatic N) is 1. The minimum absolute atomic E-state index is 0.00225. The van der Waals surface area contributed by atoms with Gasteiger partial charge in [-0.2, -0.15) is 0 Å². The van der Waals surface area contributed by atoms with Gasteiger partial charge in [0.15, 0.2) is 0 Å². The molecule has 0 unspecified atom stereocenters. The summed E-state index contributed by atoms with van der Waals surface area (Å²) in [5.41, 5.74) is 6.73. The predicted molar refractivity (Wildman–Crippen MR) is 140 cm³/mol. The first-order valence-electron chi connectivity index (χ1n) is 11.3. The van der Waals surface area contributed by atoms with Crippen molar-refractivity contribution in [3.63, 3.8) is 0 Å². The Bertz CT molecular complexity index is 1890. The second-order valence-corrected chi connectivity index (χ2v) is 8.56. The molecule has 3 nitrogen and oxygen atoms in total. The van der Waals surface area contributed by atoms with Gasteiger partial charge in [-0.3, -0.25) is 4.79 Å². The first kappa shape index (κ1) is 18.9. The summed E-state index contributed by atoms with van der Waals surface area (Å²) in [5, 5.41) is 3.68. The third kappa shape index (κ3) is 2.74. The molecule has 0 aliphatic rings. The van der Waals surface area contributed by atoms with E-state index in [9.17, 15) is 4.79 Å². The van der Waals surface area contributed by atoms with Gasteiger partial charge in [0.2, 0.25) is 5.43 Å². The molecule has 2 heterocycles. The van der Waals surface area contributed by atoms with Crippen molar-refractivity contribution in [2.24, 2.45) is 0 Å². The summed E-state index contributed by atoms with van der Waals surface area (Å²) in [5.74, 6) is 0. The van der Waals surface area contributed by atoms with Crippen LogP contribution in [0.25, 0.3) is 60.6 Å². The van der Waals surface area contributed by atoms with Crippen molar-refractivity contribution in [3.05, 3.63) is 125 Å². The summed E-state index contributed by atoms with van der Waals surface area (Å²) in [6, 6.07) is 38.7. The molecule has 7 rings (SSSR count). The molecule has 7 aromatic rings. The first-order valence-corrected chi connectivity index (χ1v) is 11.3. The lowest BCUT2D eigenvalue weighted by atomic mass is 10.0. The van der Waals surface area contributed by atoms with Crippen LogP contribution in [0.1, 0.15) is 0 Å². The maximum absolute atomic E-state index is 12.9. The van der Waals surface area contributed by atoms with Gasteiger partial charge in [0, 0.05) is 16.5 Å². The zero-order chi connectivity index (χ0) is 22.6. The second-order valence-electron chi connectivity index (χ2n) is 8.56. The van der Waals surface area contributed by atoms with Gasteiger partial charge in [0.25, 0.3) is 0 Å². The Morgan fingerprint density at radius 3 is 1.88 bits per heavy atom. The van der Waals surface area contributed by atoms with Gasteiger partial charge in [-0.25, -0.2) is 0 Å². The van der Waals surface area contributed by atoms with Gasteiger partial charge in [0.05, 0.1) is 21.8 Å². The largest absolute Gasteiger partial charge is 0.456 e. The fraction of sp³-hybridized carbons (Fsp3) is 0. The third-order valence-electron chi connectivity index (χ3n) is 6.60. The van der Waals surface area contributed by atoms with E-state index in [2.05, 4.69) is 77.4 Å². The third-order valence-corrected chi connectivity index (χ3v) is 6.60. The summed E-state index contributed by atoms with van der Waals surface area (Å²) in [6.07, 6.45) is 0. The van der Waals surface area contributed by atoms with Gasteiger partial charge in [-0.05, 0) is 59.7 Å². The van der Waals surface area contributed by atoms with E-state index in [1.54, 1.807) is 0 Å². The normalized spacial score (nSPS) is 11.6. The Hall–Kier alpha value is -4.63. The predicted octanol–water partition coefficient (Wildman–Crippen LogP) is 7.71. The van der Waals surface area contributed by atoms with Crippen molar-refractivity contribution < 1.29 is 4.42 Å². The van der Waals surface area contributed by atoms with E-state index in [0.29, 0.717) is 21.9 Å². The van der Waals surface area contributed by atoms with Crippen molar-refractivity contribution in [3.8, 4) is 16.8 Å². The first-order chi connectivity index (χ1) is 16.8. The molecule has 3 heteroatoms. The van der Waals surface area contributed by atoms with Crippen LogP contribution < -0.4 is 5.43 Å². The van der Waals surface area contributed by atoms with Crippen molar-refractivity contribution in [2.75, 3.05) is 0 Å². The summed E-state index contributed by atoms with van der Waals surface area (Å²) >= 11 is 0. The van der Waals surface area contributed by atoms with E-state index in [1.165, 1.54) is 21.8 Å². The molecule has 5 aromatic carbocycles. The molecule has 0 aliphatic carbocycles. The molecule has 0 N–H and O–H groups in total. The number of rotatable bonds is 2. The molecule has 0 spiro atoms. The van der Waals surface area contributed by atoms with Crippen LogP contribution in [-0.2, 0) is 0 Å². The smallest absolute Gasteiger partial charge is 0.200 e. The standard InChI is InChI=1S/C31H19NO2/c33-31-25-12-3-6-15-29(25)34-30-19-21(16-17-26(30)31)20-8-7-9-22(18-20)32-27-13-4-1-10-23(27)24-11-2-5-14-28(24)32/h1-19H.